The fourth-order valence-electron chi connectivity index (χ4n) is 0.986. The van der Waals surface area contributed by atoms with Crippen molar-refractivity contribution >= 4 is 17.9 Å². The Hall–Kier alpha value is -1.63. The summed E-state index contributed by atoms with van der Waals surface area (Å²) in [6.45, 7) is -0.162. The maximum absolute atomic E-state index is 10.5. The molecule has 0 amide bonds. The molecule has 1 aliphatic heterocycles. The quantitative estimate of drug-likeness (QED) is 0.368. The van der Waals surface area contributed by atoms with Crippen LogP contribution in [-0.4, -0.2) is 45.9 Å². The highest BCUT2D eigenvalue weighted by molar-refractivity contribution is 6.17. The summed E-state index contributed by atoms with van der Waals surface area (Å²) in [5.41, 5.74) is -2.86. The molecule has 0 bridgehead atoms. The maximum atomic E-state index is 10.5. The zero-order valence-electron chi connectivity index (χ0n) is 6.26. The SMILES string of the molecule is O=C(O)C(C(=O)O)(C(=O)O)C1CO1. The van der Waals surface area contributed by atoms with E-state index < -0.39 is 29.4 Å². The molecule has 1 atom stereocenters. The molecule has 0 radical (unpaired) electrons. The van der Waals surface area contributed by atoms with Gasteiger partial charge in [0, 0.05) is 0 Å². The van der Waals surface area contributed by atoms with Crippen LogP contribution in [-0.2, 0) is 19.1 Å². The third-order valence-electron chi connectivity index (χ3n) is 1.83. The first-order chi connectivity index (χ1) is 5.94. The van der Waals surface area contributed by atoms with E-state index in [1.165, 1.54) is 0 Å². The lowest BCUT2D eigenvalue weighted by Crippen LogP contribution is -2.50. The van der Waals surface area contributed by atoms with Crippen LogP contribution in [0.15, 0.2) is 0 Å². The normalized spacial score (nSPS) is 20.8. The van der Waals surface area contributed by atoms with E-state index in [1.807, 2.05) is 0 Å². The summed E-state index contributed by atoms with van der Waals surface area (Å²) in [4.78, 5) is 31.6. The summed E-state index contributed by atoms with van der Waals surface area (Å²) in [6.07, 6.45) is -1.28. The van der Waals surface area contributed by atoms with Crippen molar-refractivity contribution in [1.82, 2.24) is 0 Å². The molecule has 7 nitrogen and oxygen atoms in total. The molecule has 1 heterocycles. The molecule has 1 unspecified atom stereocenters. The first-order valence-corrected chi connectivity index (χ1v) is 3.25. The van der Waals surface area contributed by atoms with Crippen LogP contribution in [0.25, 0.3) is 0 Å². The number of hydrogen-bond acceptors (Lipinski definition) is 4. The van der Waals surface area contributed by atoms with Gasteiger partial charge >= 0.3 is 17.9 Å². The van der Waals surface area contributed by atoms with Gasteiger partial charge in [-0.3, -0.25) is 14.4 Å². The van der Waals surface area contributed by atoms with E-state index in [0.29, 0.717) is 0 Å². The maximum Gasteiger partial charge on any atom is 0.335 e. The Morgan fingerprint density at radius 3 is 1.46 bits per heavy atom. The molecule has 1 rings (SSSR count). The predicted octanol–water partition coefficient (Wildman–Crippen LogP) is -1.37. The molecule has 0 aliphatic carbocycles. The first kappa shape index (κ1) is 9.46. The molecule has 1 aliphatic rings. The van der Waals surface area contributed by atoms with Crippen molar-refractivity contribution in [2.45, 2.75) is 6.10 Å². The van der Waals surface area contributed by atoms with Crippen LogP contribution >= 0.6 is 0 Å². The van der Waals surface area contributed by atoms with Crippen molar-refractivity contribution in [2.24, 2.45) is 5.41 Å². The first-order valence-electron chi connectivity index (χ1n) is 3.25. The van der Waals surface area contributed by atoms with Gasteiger partial charge in [-0.05, 0) is 0 Å². The number of rotatable bonds is 4. The Bertz CT molecular complexity index is 241. The molecule has 1 fully saturated rings. The number of carboxylic acid groups (broad SMARTS) is 3. The van der Waals surface area contributed by atoms with Gasteiger partial charge in [0.15, 0.2) is 0 Å². The Morgan fingerprint density at radius 1 is 1.08 bits per heavy atom. The molecule has 0 saturated carbocycles. The van der Waals surface area contributed by atoms with Crippen molar-refractivity contribution in [3.63, 3.8) is 0 Å². The average molecular weight is 190 g/mol. The van der Waals surface area contributed by atoms with Crippen LogP contribution in [0.5, 0.6) is 0 Å². The fourth-order valence-corrected chi connectivity index (χ4v) is 0.986. The Balaban J connectivity index is 3.14. The summed E-state index contributed by atoms with van der Waals surface area (Å²) in [5, 5.41) is 25.6. The molecular formula is C6H6O7. The second-order valence-corrected chi connectivity index (χ2v) is 2.55. The lowest BCUT2D eigenvalue weighted by atomic mass is 9.85. The van der Waals surface area contributed by atoms with Crippen molar-refractivity contribution in [3.8, 4) is 0 Å². The number of epoxide rings is 1. The highest BCUT2D eigenvalue weighted by atomic mass is 16.6. The molecule has 0 aromatic heterocycles. The van der Waals surface area contributed by atoms with Gasteiger partial charge in [-0.1, -0.05) is 0 Å². The van der Waals surface area contributed by atoms with Gasteiger partial charge in [-0.15, -0.1) is 0 Å². The third-order valence-corrected chi connectivity index (χ3v) is 1.83. The van der Waals surface area contributed by atoms with E-state index in [1.54, 1.807) is 0 Å². The summed E-state index contributed by atoms with van der Waals surface area (Å²) < 4.78 is 4.42. The fraction of sp³-hybridized carbons (Fsp3) is 0.500. The number of carbonyl (C=O) groups is 3. The minimum atomic E-state index is -2.86. The van der Waals surface area contributed by atoms with E-state index in [0.717, 1.165) is 0 Å². The number of aliphatic carboxylic acids is 3. The zero-order chi connectivity index (χ0) is 10.2. The average Bonchev–Trinajstić information content (AvgIpc) is 2.69. The van der Waals surface area contributed by atoms with Gasteiger partial charge in [0.05, 0.1) is 6.61 Å². The highest BCUT2D eigenvalue weighted by Crippen LogP contribution is 2.34. The second kappa shape index (κ2) is 2.70. The van der Waals surface area contributed by atoms with Crippen LogP contribution in [0, 0.1) is 5.41 Å². The summed E-state index contributed by atoms with van der Waals surface area (Å²) >= 11 is 0. The summed E-state index contributed by atoms with van der Waals surface area (Å²) in [5.74, 6) is -5.76. The smallest absolute Gasteiger partial charge is 0.335 e. The van der Waals surface area contributed by atoms with Crippen molar-refractivity contribution in [1.29, 1.82) is 0 Å². The Kier molecular flexibility index (Phi) is 1.96. The molecule has 3 N–H and O–H groups in total. The van der Waals surface area contributed by atoms with Crippen LogP contribution in [0.2, 0.25) is 0 Å². The van der Waals surface area contributed by atoms with Crippen LogP contribution in [0.4, 0.5) is 0 Å². The molecule has 0 aromatic carbocycles. The van der Waals surface area contributed by atoms with Gasteiger partial charge in [0.1, 0.15) is 6.10 Å². The predicted molar refractivity (Wildman–Crippen MR) is 35.1 cm³/mol. The van der Waals surface area contributed by atoms with Gasteiger partial charge in [0.25, 0.3) is 5.41 Å². The molecule has 72 valence electrons. The van der Waals surface area contributed by atoms with Gasteiger partial charge in [0.2, 0.25) is 0 Å². The van der Waals surface area contributed by atoms with E-state index >= 15 is 0 Å². The topological polar surface area (TPSA) is 124 Å². The monoisotopic (exact) mass is 190 g/mol. The zero-order valence-corrected chi connectivity index (χ0v) is 6.26. The number of ether oxygens (including phenoxy) is 1. The van der Waals surface area contributed by atoms with Crippen molar-refractivity contribution < 1.29 is 34.4 Å². The molecule has 0 spiro atoms. The molecule has 13 heavy (non-hydrogen) atoms. The minimum absolute atomic E-state index is 0.162. The largest absolute Gasteiger partial charge is 0.480 e. The number of hydrogen-bond donors (Lipinski definition) is 3. The van der Waals surface area contributed by atoms with Crippen LogP contribution in [0.1, 0.15) is 0 Å². The van der Waals surface area contributed by atoms with E-state index in [9.17, 15) is 14.4 Å². The second-order valence-electron chi connectivity index (χ2n) is 2.55. The molecular weight excluding hydrogens is 184 g/mol. The minimum Gasteiger partial charge on any atom is -0.480 e. The van der Waals surface area contributed by atoms with Crippen LogP contribution < -0.4 is 0 Å². The number of carboxylic acids is 3. The molecule has 1 saturated heterocycles. The van der Waals surface area contributed by atoms with Gasteiger partial charge < -0.3 is 20.1 Å². The van der Waals surface area contributed by atoms with Crippen LogP contribution in [0.3, 0.4) is 0 Å². The summed E-state index contributed by atoms with van der Waals surface area (Å²) in [7, 11) is 0. The Morgan fingerprint density at radius 2 is 1.38 bits per heavy atom. The third kappa shape index (κ3) is 1.13. The molecule has 0 aromatic rings. The van der Waals surface area contributed by atoms with E-state index in [4.69, 9.17) is 15.3 Å². The van der Waals surface area contributed by atoms with Crippen molar-refractivity contribution in [2.75, 3.05) is 6.61 Å². The Labute approximate surface area is 71.5 Å². The lowest BCUT2D eigenvalue weighted by molar-refractivity contribution is -0.177. The standard InChI is InChI=1S/C6H6O7/c7-3(8)6(4(9)10,5(11)12)2-1-13-2/h2H,1H2,(H,7,8)(H,9,10)(H,11,12). The van der Waals surface area contributed by atoms with Gasteiger partial charge in [-0.25, -0.2) is 0 Å². The van der Waals surface area contributed by atoms with Gasteiger partial charge in [-0.2, -0.15) is 0 Å². The van der Waals surface area contributed by atoms with E-state index in [-0.39, 0.29) is 6.61 Å². The van der Waals surface area contributed by atoms with Crippen molar-refractivity contribution in [3.05, 3.63) is 0 Å². The van der Waals surface area contributed by atoms with E-state index in [2.05, 4.69) is 4.74 Å². The lowest BCUT2D eigenvalue weighted by Gasteiger charge is -2.16. The summed E-state index contributed by atoms with van der Waals surface area (Å²) in [6, 6.07) is 0. The highest BCUT2D eigenvalue weighted by Gasteiger charge is 2.65. The molecule has 7 heteroatoms.